The first-order chi connectivity index (χ1) is 3.57. The number of carboxylic acid groups (broad SMARTS) is 1. The Kier molecular flexibility index (Phi) is 0.854. The molecule has 0 spiro atoms. The summed E-state index contributed by atoms with van der Waals surface area (Å²) in [6, 6.07) is 0. The van der Waals surface area contributed by atoms with Crippen molar-refractivity contribution in [1.29, 1.82) is 0 Å². The van der Waals surface area contributed by atoms with E-state index in [2.05, 4.69) is 0 Å². The van der Waals surface area contributed by atoms with E-state index in [1.165, 1.54) is 0 Å². The van der Waals surface area contributed by atoms with Gasteiger partial charge in [-0.2, -0.15) is 0 Å². The molecule has 0 aliphatic carbocycles. The Morgan fingerprint density at radius 2 is 2.25 bits per heavy atom. The average Bonchev–Trinajstić information content (AvgIpc) is 2.17. The highest BCUT2D eigenvalue weighted by molar-refractivity contribution is 5.82. The molecule has 1 fully saturated rings. The number of hydrogen-bond acceptors (Lipinski definition) is 2. The van der Waals surface area contributed by atoms with Crippen molar-refractivity contribution in [2.24, 2.45) is 0 Å². The molecule has 0 radical (unpaired) electrons. The fourth-order valence-corrected chi connectivity index (χ4v) is 0.657. The molecule has 0 saturated carbocycles. The molecule has 1 aliphatic heterocycles. The molecule has 0 amide bonds. The van der Waals surface area contributed by atoms with Crippen molar-refractivity contribution in [3.8, 4) is 0 Å². The highest BCUT2D eigenvalue weighted by Gasteiger charge is 2.51. The second-order valence-corrected chi connectivity index (χ2v) is 2.44. The molecule has 1 saturated heterocycles. The van der Waals surface area contributed by atoms with Crippen molar-refractivity contribution in [3.63, 3.8) is 0 Å². The van der Waals surface area contributed by atoms with Gasteiger partial charge in [-0.25, -0.2) is 0 Å². The topological polar surface area (TPSA) is 40.3 Å². The first-order valence-corrected chi connectivity index (χ1v) is 2.52. The molecule has 2 atom stereocenters. The lowest BCUT2D eigenvalue weighted by Crippen LogP contribution is -2.23. The van der Waals surface area contributed by atoms with Crippen molar-refractivity contribution >= 4 is 5.97 Å². The van der Waals surface area contributed by atoms with Crippen LogP contribution in [-0.2, 0) is 4.79 Å². The quantitative estimate of drug-likeness (QED) is 0.480. The summed E-state index contributed by atoms with van der Waals surface area (Å²) in [6.07, 6.45) is 0. The van der Waals surface area contributed by atoms with Crippen LogP contribution in [0.4, 0.5) is 0 Å². The predicted octanol–water partition coefficient (Wildman–Crippen LogP) is -0.225. The monoisotopic (exact) mass is 115 g/mol. The number of rotatable bonds is 1. The second-order valence-electron chi connectivity index (χ2n) is 2.44. The SMILES string of the molecule is CN1CC1(C)C(=O)O. The summed E-state index contributed by atoms with van der Waals surface area (Å²) in [5.41, 5.74) is -0.542. The third-order valence-corrected chi connectivity index (χ3v) is 1.74. The lowest BCUT2D eigenvalue weighted by molar-refractivity contribution is -0.140. The zero-order chi connectivity index (χ0) is 6.36. The molecule has 0 bridgehead atoms. The van der Waals surface area contributed by atoms with Crippen LogP contribution in [0.5, 0.6) is 0 Å². The number of carbonyl (C=O) groups is 1. The Hall–Kier alpha value is -0.570. The maximum atomic E-state index is 10.3. The third kappa shape index (κ3) is 0.512. The van der Waals surface area contributed by atoms with Crippen molar-refractivity contribution in [2.45, 2.75) is 12.5 Å². The molecular formula is C5H9NO2. The zero-order valence-corrected chi connectivity index (χ0v) is 5.01. The van der Waals surface area contributed by atoms with E-state index < -0.39 is 11.5 Å². The van der Waals surface area contributed by atoms with Crippen LogP contribution in [0.15, 0.2) is 0 Å². The molecule has 0 aromatic heterocycles. The van der Waals surface area contributed by atoms with Crippen LogP contribution in [0.25, 0.3) is 0 Å². The summed E-state index contributed by atoms with van der Waals surface area (Å²) >= 11 is 0. The first-order valence-electron chi connectivity index (χ1n) is 2.52. The highest BCUT2D eigenvalue weighted by Crippen LogP contribution is 2.28. The second kappa shape index (κ2) is 1.23. The minimum atomic E-state index is -0.722. The molecule has 3 heteroatoms. The predicted molar refractivity (Wildman–Crippen MR) is 28.7 cm³/mol. The van der Waals surface area contributed by atoms with E-state index in [1.807, 2.05) is 0 Å². The number of likely N-dealkylation sites (N-methyl/N-ethyl adjacent to an activating group) is 1. The van der Waals surface area contributed by atoms with E-state index in [9.17, 15) is 4.79 Å². The molecule has 1 aliphatic rings. The smallest absolute Gasteiger partial charge is 0.325 e. The van der Waals surface area contributed by atoms with Gasteiger partial charge in [0, 0.05) is 6.54 Å². The number of aliphatic carboxylic acids is 1. The van der Waals surface area contributed by atoms with Crippen LogP contribution in [-0.4, -0.2) is 35.1 Å². The normalized spacial score (nSPS) is 44.0. The van der Waals surface area contributed by atoms with Crippen LogP contribution >= 0.6 is 0 Å². The summed E-state index contributed by atoms with van der Waals surface area (Å²) in [7, 11) is 1.80. The van der Waals surface area contributed by atoms with Gasteiger partial charge in [-0.15, -0.1) is 0 Å². The molecule has 0 aromatic carbocycles. The van der Waals surface area contributed by atoms with Crippen molar-refractivity contribution in [2.75, 3.05) is 13.6 Å². The van der Waals surface area contributed by atoms with E-state index in [0.717, 1.165) is 0 Å². The Labute approximate surface area is 47.9 Å². The molecule has 46 valence electrons. The summed E-state index contributed by atoms with van der Waals surface area (Å²) in [5, 5.41) is 8.44. The Morgan fingerprint density at radius 3 is 2.25 bits per heavy atom. The number of carboxylic acids is 1. The summed E-state index contributed by atoms with van der Waals surface area (Å²) < 4.78 is 0. The van der Waals surface area contributed by atoms with Crippen LogP contribution in [0.3, 0.4) is 0 Å². The van der Waals surface area contributed by atoms with Gasteiger partial charge in [0.15, 0.2) is 0 Å². The molecule has 1 rings (SSSR count). The van der Waals surface area contributed by atoms with Gasteiger partial charge in [0.25, 0.3) is 0 Å². The zero-order valence-electron chi connectivity index (χ0n) is 5.01. The van der Waals surface area contributed by atoms with Crippen LogP contribution in [0, 0.1) is 0 Å². The van der Waals surface area contributed by atoms with Crippen LogP contribution in [0.2, 0.25) is 0 Å². The van der Waals surface area contributed by atoms with Gasteiger partial charge in [-0.05, 0) is 14.0 Å². The minimum Gasteiger partial charge on any atom is -0.480 e. The van der Waals surface area contributed by atoms with Crippen molar-refractivity contribution < 1.29 is 9.90 Å². The van der Waals surface area contributed by atoms with E-state index >= 15 is 0 Å². The highest BCUT2D eigenvalue weighted by atomic mass is 16.4. The third-order valence-electron chi connectivity index (χ3n) is 1.74. The Morgan fingerprint density at radius 1 is 1.88 bits per heavy atom. The minimum absolute atomic E-state index is 0.542. The van der Waals surface area contributed by atoms with Crippen molar-refractivity contribution in [1.82, 2.24) is 4.90 Å². The first kappa shape index (κ1) is 5.56. The van der Waals surface area contributed by atoms with Gasteiger partial charge in [-0.1, -0.05) is 0 Å². The standard InChI is InChI=1S/C5H9NO2/c1-5(4(7)8)3-6(5)2/h3H2,1-2H3,(H,7,8). The fraction of sp³-hybridized carbons (Fsp3) is 0.800. The molecule has 2 unspecified atom stereocenters. The molecule has 3 nitrogen and oxygen atoms in total. The van der Waals surface area contributed by atoms with Gasteiger partial charge < -0.3 is 5.11 Å². The Bertz CT molecular complexity index is 134. The Balaban J connectivity index is 2.60. The van der Waals surface area contributed by atoms with Gasteiger partial charge in [0.1, 0.15) is 5.54 Å². The average molecular weight is 115 g/mol. The largest absolute Gasteiger partial charge is 0.480 e. The summed E-state index contributed by atoms with van der Waals surface area (Å²) in [5.74, 6) is -0.722. The lowest BCUT2D eigenvalue weighted by Gasteiger charge is -1.98. The lowest BCUT2D eigenvalue weighted by atomic mass is 10.2. The molecular weight excluding hydrogens is 106 g/mol. The molecule has 1 heterocycles. The van der Waals surface area contributed by atoms with E-state index in [4.69, 9.17) is 5.11 Å². The summed E-state index contributed by atoms with van der Waals surface area (Å²) in [6.45, 7) is 2.40. The van der Waals surface area contributed by atoms with E-state index in [-0.39, 0.29) is 0 Å². The maximum absolute atomic E-state index is 10.3. The fourth-order valence-electron chi connectivity index (χ4n) is 0.657. The summed E-state index contributed by atoms with van der Waals surface area (Å²) in [4.78, 5) is 12.0. The van der Waals surface area contributed by atoms with Crippen molar-refractivity contribution in [3.05, 3.63) is 0 Å². The molecule has 0 aromatic rings. The number of nitrogens with zero attached hydrogens (tertiary/aromatic N) is 1. The van der Waals surface area contributed by atoms with Gasteiger partial charge in [-0.3, -0.25) is 9.69 Å². The van der Waals surface area contributed by atoms with Crippen LogP contribution in [0.1, 0.15) is 6.92 Å². The van der Waals surface area contributed by atoms with E-state index in [0.29, 0.717) is 6.54 Å². The molecule has 1 N–H and O–H groups in total. The van der Waals surface area contributed by atoms with Crippen LogP contribution < -0.4 is 0 Å². The van der Waals surface area contributed by atoms with Gasteiger partial charge in [0.2, 0.25) is 0 Å². The van der Waals surface area contributed by atoms with Gasteiger partial charge >= 0.3 is 5.97 Å². The maximum Gasteiger partial charge on any atom is 0.325 e. The van der Waals surface area contributed by atoms with Gasteiger partial charge in [0.05, 0.1) is 0 Å². The number of hydrogen-bond donors (Lipinski definition) is 1. The molecule has 8 heavy (non-hydrogen) atoms. The van der Waals surface area contributed by atoms with E-state index in [1.54, 1.807) is 18.9 Å².